The first-order valence-electron chi connectivity index (χ1n) is 16.2. The molecule has 6 nitrogen and oxygen atoms in total. The molecule has 2 aromatic heterocycles. The molecule has 0 amide bonds. The lowest BCUT2D eigenvalue weighted by molar-refractivity contribution is -0.694. The van der Waals surface area contributed by atoms with Crippen molar-refractivity contribution in [3.63, 3.8) is 0 Å². The Morgan fingerprint density at radius 3 is 1.85 bits per heavy atom. The van der Waals surface area contributed by atoms with E-state index >= 15 is 0 Å². The van der Waals surface area contributed by atoms with Crippen molar-refractivity contribution in [1.29, 1.82) is 0 Å². The highest BCUT2D eigenvalue weighted by Crippen LogP contribution is 2.24. The molecule has 0 fully saturated rings. The van der Waals surface area contributed by atoms with Crippen LogP contribution in [0.4, 0.5) is 11.4 Å². The Kier molecular flexibility index (Phi) is 14.4. The lowest BCUT2D eigenvalue weighted by Gasteiger charge is -2.19. The van der Waals surface area contributed by atoms with Crippen LogP contribution in [0.5, 0.6) is 0 Å². The van der Waals surface area contributed by atoms with E-state index in [9.17, 15) is 10.2 Å². The summed E-state index contributed by atoms with van der Waals surface area (Å²) in [6, 6.07) is 25.7. The van der Waals surface area contributed by atoms with E-state index in [1.54, 1.807) is 0 Å². The van der Waals surface area contributed by atoms with Crippen LogP contribution in [-0.4, -0.2) is 62.1 Å². The number of aryl methyl sites for hydroxylation is 4. The molecule has 0 atom stereocenters. The molecule has 2 aromatic carbocycles. The van der Waals surface area contributed by atoms with Gasteiger partial charge in [0.1, 0.15) is 0 Å². The summed E-state index contributed by atoms with van der Waals surface area (Å²) >= 11 is 0. The molecule has 0 saturated heterocycles. The zero-order chi connectivity index (χ0) is 33.6. The fourth-order valence-electron chi connectivity index (χ4n) is 5.45. The van der Waals surface area contributed by atoms with Gasteiger partial charge in [-0.15, -0.1) is 0 Å². The summed E-state index contributed by atoms with van der Waals surface area (Å²) < 4.78 is 4.67. The molecular formula is C39H50N4O2S2+2. The molecule has 4 aromatic rings. The number of rotatable bonds is 17. The molecule has 0 unspecified atom stereocenters. The predicted molar refractivity (Wildman–Crippen MR) is 204 cm³/mol. The summed E-state index contributed by atoms with van der Waals surface area (Å²) in [6.07, 6.45) is 11.0. The van der Waals surface area contributed by atoms with Gasteiger partial charge in [0, 0.05) is 74.5 Å². The van der Waals surface area contributed by atoms with E-state index < -0.39 is 0 Å². The lowest BCUT2D eigenvalue weighted by Crippen LogP contribution is -2.38. The quantitative estimate of drug-likeness (QED) is 0.0756. The molecular weight excluding hydrogens is 621 g/mol. The Labute approximate surface area is 289 Å². The van der Waals surface area contributed by atoms with Crippen molar-refractivity contribution in [2.75, 3.05) is 61.7 Å². The molecule has 0 saturated carbocycles. The number of hydrogen-bond acceptors (Lipinski definition) is 6. The molecule has 0 bridgehead atoms. The summed E-state index contributed by atoms with van der Waals surface area (Å²) in [6.45, 7) is 9.91. The predicted octanol–water partition coefficient (Wildman–Crippen LogP) is 6.55. The standard InChI is InChI=1S/C39H50N4O2S2/c1-31-29-37(40(4)20-24-44)16-13-34(31)12-15-36-10-6-8-18-42(36)22-26-46-47-27-23-43-19-9-7-11-39(43)33(3)28-35-14-17-38(30-32(35)2)41(5)21-25-45/h6-19,28-30,44-45H,20-27H2,1-5H3/q+2. The van der Waals surface area contributed by atoms with Crippen molar-refractivity contribution in [3.8, 4) is 0 Å². The second-order valence-electron chi connectivity index (χ2n) is 11.8. The molecule has 8 heteroatoms. The van der Waals surface area contributed by atoms with Crippen molar-refractivity contribution in [2.45, 2.75) is 33.9 Å². The Hall–Kier alpha value is -3.56. The first-order chi connectivity index (χ1) is 22.8. The summed E-state index contributed by atoms with van der Waals surface area (Å²) in [5, 5.41) is 18.5. The summed E-state index contributed by atoms with van der Waals surface area (Å²) in [4.78, 5) is 4.15. The highest BCUT2D eigenvalue weighted by atomic mass is 33.1. The zero-order valence-corrected chi connectivity index (χ0v) is 30.1. The maximum Gasteiger partial charge on any atom is 0.208 e. The molecule has 0 aliphatic carbocycles. The Morgan fingerprint density at radius 1 is 0.702 bits per heavy atom. The Morgan fingerprint density at radius 2 is 1.26 bits per heavy atom. The third-order valence-electron chi connectivity index (χ3n) is 8.30. The van der Waals surface area contributed by atoms with Crippen LogP contribution in [-0.2, 0) is 13.1 Å². The van der Waals surface area contributed by atoms with Gasteiger partial charge in [-0.05, 0) is 91.6 Å². The van der Waals surface area contributed by atoms with Crippen molar-refractivity contribution in [2.24, 2.45) is 0 Å². The number of nitrogens with zero attached hydrogens (tertiary/aromatic N) is 4. The summed E-state index contributed by atoms with van der Waals surface area (Å²) in [5.74, 6) is 2.05. The maximum atomic E-state index is 9.28. The fourth-order valence-corrected chi connectivity index (χ4v) is 7.38. The number of aromatic nitrogens is 2. The molecule has 0 radical (unpaired) electrons. The Balaban J connectivity index is 1.29. The number of allylic oxidation sites excluding steroid dienone is 1. The second-order valence-corrected chi connectivity index (χ2v) is 14.5. The van der Waals surface area contributed by atoms with Crippen molar-refractivity contribution >= 4 is 56.8 Å². The molecule has 47 heavy (non-hydrogen) atoms. The zero-order valence-electron chi connectivity index (χ0n) is 28.5. The number of pyridine rings is 2. The normalized spacial score (nSPS) is 11.8. The van der Waals surface area contributed by atoms with E-state index in [1.165, 1.54) is 39.2 Å². The van der Waals surface area contributed by atoms with Gasteiger partial charge in [-0.1, -0.05) is 33.7 Å². The molecule has 248 valence electrons. The SMILES string of the molecule is C/C(=C\c1ccc(N(C)CCO)cc1C)c1cccc[n+]1CCSSCC[n+]1ccccc1/C=C/c1ccc(N(C)CCO)cc1C. The van der Waals surface area contributed by atoms with Crippen LogP contribution >= 0.6 is 21.6 Å². The van der Waals surface area contributed by atoms with Crippen LogP contribution in [0.25, 0.3) is 23.8 Å². The number of benzene rings is 2. The minimum Gasteiger partial charge on any atom is -0.395 e. The van der Waals surface area contributed by atoms with Crippen LogP contribution in [0.1, 0.15) is 40.6 Å². The van der Waals surface area contributed by atoms with E-state index in [0.717, 1.165) is 36.0 Å². The average Bonchev–Trinajstić information content (AvgIpc) is 3.07. The monoisotopic (exact) mass is 670 g/mol. The van der Waals surface area contributed by atoms with Crippen LogP contribution in [0.3, 0.4) is 0 Å². The smallest absolute Gasteiger partial charge is 0.208 e. The molecule has 0 aliphatic rings. The Bertz CT molecular complexity index is 1660. The minimum atomic E-state index is 0.147. The first-order valence-corrected chi connectivity index (χ1v) is 18.7. The van der Waals surface area contributed by atoms with Gasteiger partial charge in [-0.2, -0.15) is 9.13 Å². The van der Waals surface area contributed by atoms with Crippen molar-refractivity contribution < 1.29 is 19.3 Å². The third-order valence-corrected chi connectivity index (χ3v) is 10.7. The molecule has 0 aliphatic heterocycles. The highest BCUT2D eigenvalue weighted by molar-refractivity contribution is 8.76. The fraction of sp³-hybridized carbons (Fsp3) is 0.333. The van der Waals surface area contributed by atoms with Gasteiger partial charge in [0.15, 0.2) is 25.5 Å². The molecule has 0 spiro atoms. The van der Waals surface area contributed by atoms with Crippen molar-refractivity contribution in [1.82, 2.24) is 0 Å². The highest BCUT2D eigenvalue weighted by Gasteiger charge is 2.13. The topological polar surface area (TPSA) is 54.7 Å². The van der Waals surface area contributed by atoms with Gasteiger partial charge in [-0.3, -0.25) is 0 Å². The van der Waals surface area contributed by atoms with Crippen LogP contribution in [0.2, 0.25) is 0 Å². The summed E-state index contributed by atoms with van der Waals surface area (Å²) in [7, 11) is 7.87. The minimum absolute atomic E-state index is 0.147. The molecule has 2 N–H and O–H groups in total. The van der Waals surface area contributed by atoms with Crippen LogP contribution < -0.4 is 18.9 Å². The third kappa shape index (κ3) is 10.7. The summed E-state index contributed by atoms with van der Waals surface area (Å²) in [5.41, 5.74) is 10.8. The van der Waals surface area contributed by atoms with Crippen molar-refractivity contribution in [3.05, 3.63) is 119 Å². The largest absolute Gasteiger partial charge is 0.395 e. The van der Waals surface area contributed by atoms with E-state index in [1.807, 2.05) is 35.7 Å². The van der Waals surface area contributed by atoms with E-state index in [-0.39, 0.29) is 13.2 Å². The van der Waals surface area contributed by atoms with Gasteiger partial charge in [0.25, 0.3) is 0 Å². The molecule has 4 rings (SSSR count). The van der Waals surface area contributed by atoms with E-state index in [2.05, 4.69) is 143 Å². The second kappa shape index (κ2) is 18.7. The van der Waals surface area contributed by atoms with Gasteiger partial charge in [0.2, 0.25) is 11.4 Å². The first kappa shape index (κ1) is 36.3. The van der Waals surface area contributed by atoms with E-state index in [0.29, 0.717) is 13.1 Å². The number of aliphatic hydroxyl groups excluding tert-OH is 2. The maximum absolute atomic E-state index is 9.28. The lowest BCUT2D eigenvalue weighted by atomic mass is 10.0. The van der Waals surface area contributed by atoms with Gasteiger partial charge >= 0.3 is 0 Å². The van der Waals surface area contributed by atoms with Gasteiger partial charge < -0.3 is 20.0 Å². The number of aliphatic hydroxyl groups is 2. The van der Waals surface area contributed by atoms with Crippen LogP contribution in [0.15, 0.2) is 85.2 Å². The van der Waals surface area contributed by atoms with E-state index in [4.69, 9.17) is 0 Å². The molecule has 2 heterocycles. The van der Waals surface area contributed by atoms with Crippen LogP contribution in [0, 0.1) is 13.8 Å². The van der Waals surface area contributed by atoms with Gasteiger partial charge in [-0.25, -0.2) is 0 Å². The number of hydrogen-bond donors (Lipinski definition) is 2. The van der Waals surface area contributed by atoms with Gasteiger partial charge in [0.05, 0.1) is 24.7 Å². The number of anilines is 2. The average molecular weight is 671 g/mol. The number of likely N-dealkylation sites (N-methyl/N-ethyl adjacent to an activating group) is 2.